The van der Waals surface area contributed by atoms with Crippen LogP contribution in [0, 0.1) is 0 Å². The molecule has 0 aromatic heterocycles. The SMILES string of the molecule is CC(C)Oc1ccc(C(=O)N2C[C@@H](C)N(COC(C)(C)C)Cc3ccccc32)c(Cl)c1. The summed E-state index contributed by atoms with van der Waals surface area (Å²) in [6.45, 7) is 13.9. The Morgan fingerprint density at radius 3 is 2.55 bits per heavy atom. The third-order valence-electron chi connectivity index (χ3n) is 5.18. The molecule has 1 atom stereocenters. The Morgan fingerprint density at radius 1 is 1.19 bits per heavy atom. The third kappa shape index (κ3) is 6.00. The van der Waals surface area contributed by atoms with Gasteiger partial charge in [-0.15, -0.1) is 0 Å². The zero-order valence-corrected chi connectivity index (χ0v) is 20.1. The number of carbonyl (C=O) groups excluding carboxylic acids is 1. The lowest BCUT2D eigenvalue weighted by Gasteiger charge is -2.31. The van der Waals surface area contributed by atoms with Gasteiger partial charge in [-0.25, -0.2) is 0 Å². The summed E-state index contributed by atoms with van der Waals surface area (Å²) in [5.41, 5.74) is 2.25. The van der Waals surface area contributed by atoms with E-state index in [0.29, 0.717) is 36.2 Å². The Bertz CT molecular complexity index is 923. The lowest BCUT2D eigenvalue weighted by atomic mass is 10.1. The molecular weight excluding hydrogens is 412 g/mol. The van der Waals surface area contributed by atoms with Gasteiger partial charge in [-0.05, 0) is 71.4 Å². The van der Waals surface area contributed by atoms with Gasteiger partial charge in [0.15, 0.2) is 0 Å². The largest absolute Gasteiger partial charge is 0.491 e. The highest BCUT2D eigenvalue weighted by atomic mass is 35.5. The lowest BCUT2D eigenvalue weighted by molar-refractivity contribution is -0.0754. The maximum atomic E-state index is 13.6. The maximum Gasteiger partial charge on any atom is 0.259 e. The van der Waals surface area contributed by atoms with Crippen LogP contribution in [0.2, 0.25) is 5.02 Å². The molecule has 2 aromatic carbocycles. The van der Waals surface area contributed by atoms with E-state index in [1.165, 1.54) is 0 Å². The number of hydrogen-bond acceptors (Lipinski definition) is 4. The molecule has 1 aliphatic rings. The van der Waals surface area contributed by atoms with Gasteiger partial charge in [-0.1, -0.05) is 29.8 Å². The number of para-hydroxylation sites is 1. The second kappa shape index (κ2) is 9.60. The molecule has 0 radical (unpaired) electrons. The quantitative estimate of drug-likeness (QED) is 0.588. The van der Waals surface area contributed by atoms with Gasteiger partial charge in [-0.2, -0.15) is 0 Å². The van der Waals surface area contributed by atoms with E-state index in [2.05, 4.69) is 17.9 Å². The summed E-state index contributed by atoms with van der Waals surface area (Å²) in [6, 6.07) is 13.4. The minimum atomic E-state index is -0.228. The maximum absolute atomic E-state index is 13.6. The molecule has 0 bridgehead atoms. The zero-order chi connectivity index (χ0) is 22.8. The van der Waals surface area contributed by atoms with Crippen molar-refractivity contribution < 1.29 is 14.3 Å². The van der Waals surface area contributed by atoms with E-state index < -0.39 is 0 Å². The molecule has 1 heterocycles. The fourth-order valence-electron chi connectivity index (χ4n) is 3.56. The van der Waals surface area contributed by atoms with Gasteiger partial charge in [0.25, 0.3) is 5.91 Å². The number of benzene rings is 2. The minimum Gasteiger partial charge on any atom is -0.491 e. The first-order valence-electron chi connectivity index (χ1n) is 10.8. The predicted molar refractivity (Wildman–Crippen MR) is 126 cm³/mol. The van der Waals surface area contributed by atoms with Crippen LogP contribution in [0.4, 0.5) is 5.69 Å². The Kier molecular flexibility index (Phi) is 7.30. The van der Waals surface area contributed by atoms with E-state index in [-0.39, 0.29) is 23.7 Å². The molecule has 2 aromatic rings. The van der Waals surface area contributed by atoms with Crippen molar-refractivity contribution in [2.24, 2.45) is 0 Å². The number of ether oxygens (including phenoxy) is 2. The molecular formula is C25H33ClN2O3. The Hall–Kier alpha value is -2.08. The number of amides is 1. The van der Waals surface area contributed by atoms with Gasteiger partial charge in [0.05, 0.1) is 22.3 Å². The van der Waals surface area contributed by atoms with Crippen LogP contribution in [-0.2, 0) is 11.3 Å². The van der Waals surface area contributed by atoms with Crippen LogP contribution in [-0.4, -0.2) is 41.8 Å². The summed E-state index contributed by atoms with van der Waals surface area (Å²) in [4.78, 5) is 17.7. The minimum absolute atomic E-state index is 0.0391. The molecule has 0 fully saturated rings. The molecule has 168 valence electrons. The average molecular weight is 445 g/mol. The van der Waals surface area contributed by atoms with Crippen LogP contribution >= 0.6 is 11.6 Å². The fraction of sp³-hybridized carbons (Fsp3) is 0.480. The summed E-state index contributed by atoms with van der Waals surface area (Å²) >= 11 is 6.50. The molecule has 0 unspecified atom stereocenters. The highest BCUT2D eigenvalue weighted by Gasteiger charge is 2.30. The van der Waals surface area contributed by atoms with Gasteiger partial charge >= 0.3 is 0 Å². The van der Waals surface area contributed by atoms with E-state index in [0.717, 1.165) is 11.3 Å². The molecule has 0 aliphatic carbocycles. The number of rotatable bonds is 5. The van der Waals surface area contributed by atoms with Crippen LogP contribution in [0.25, 0.3) is 0 Å². The van der Waals surface area contributed by atoms with E-state index in [1.807, 2.05) is 57.7 Å². The fourth-order valence-corrected chi connectivity index (χ4v) is 3.81. The van der Waals surface area contributed by atoms with Crippen LogP contribution in [0.5, 0.6) is 5.75 Å². The summed E-state index contributed by atoms with van der Waals surface area (Å²) in [5.74, 6) is 0.547. The average Bonchev–Trinajstić information content (AvgIpc) is 2.81. The number of carbonyl (C=O) groups is 1. The van der Waals surface area contributed by atoms with Gasteiger partial charge in [-0.3, -0.25) is 9.69 Å². The Labute approximate surface area is 190 Å². The van der Waals surface area contributed by atoms with Crippen molar-refractivity contribution in [3.8, 4) is 5.75 Å². The molecule has 6 heteroatoms. The molecule has 3 rings (SSSR count). The van der Waals surface area contributed by atoms with E-state index >= 15 is 0 Å². The standard InChI is InChI=1S/C25H33ClN2O3/c1-17(2)31-20-11-12-21(22(26)13-20)24(29)28-14-18(3)27(16-30-25(4,5)6)15-19-9-7-8-10-23(19)28/h7-13,17-18H,14-16H2,1-6H3/t18-/m1/s1. The summed E-state index contributed by atoms with van der Waals surface area (Å²) in [7, 11) is 0. The van der Waals surface area contributed by atoms with Crippen molar-refractivity contribution in [1.29, 1.82) is 0 Å². The van der Waals surface area contributed by atoms with Crippen molar-refractivity contribution in [3.63, 3.8) is 0 Å². The predicted octanol–water partition coefficient (Wildman–Crippen LogP) is 5.75. The summed E-state index contributed by atoms with van der Waals surface area (Å²) < 4.78 is 11.7. The molecule has 31 heavy (non-hydrogen) atoms. The van der Waals surface area contributed by atoms with Crippen molar-refractivity contribution in [2.75, 3.05) is 18.2 Å². The number of anilines is 1. The van der Waals surface area contributed by atoms with Crippen LogP contribution in [0.1, 0.15) is 57.5 Å². The van der Waals surface area contributed by atoms with E-state index in [4.69, 9.17) is 21.1 Å². The number of nitrogens with zero attached hydrogens (tertiary/aromatic N) is 2. The van der Waals surface area contributed by atoms with Crippen LogP contribution < -0.4 is 9.64 Å². The van der Waals surface area contributed by atoms with Crippen molar-refractivity contribution in [3.05, 3.63) is 58.6 Å². The molecule has 0 saturated carbocycles. The third-order valence-corrected chi connectivity index (χ3v) is 5.49. The van der Waals surface area contributed by atoms with E-state index in [1.54, 1.807) is 18.2 Å². The Morgan fingerprint density at radius 2 is 1.90 bits per heavy atom. The van der Waals surface area contributed by atoms with Crippen LogP contribution in [0.3, 0.4) is 0 Å². The molecule has 0 spiro atoms. The summed E-state index contributed by atoms with van der Waals surface area (Å²) in [5, 5.41) is 0.394. The van der Waals surface area contributed by atoms with Gasteiger partial charge in [0.1, 0.15) is 12.5 Å². The highest BCUT2D eigenvalue weighted by molar-refractivity contribution is 6.34. The molecule has 1 aliphatic heterocycles. The number of hydrogen-bond donors (Lipinski definition) is 0. The number of fused-ring (bicyclic) bond motifs is 1. The van der Waals surface area contributed by atoms with Crippen molar-refractivity contribution in [2.45, 2.75) is 65.8 Å². The highest BCUT2D eigenvalue weighted by Crippen LogP contribution is 2.31. The van der Waals surface area contributed by atoms with Gasteiger partial charge in [0, 0.05) is 24.8 Å². The molecule has 0 saturated heterocycles. The second-order valence-electron chi connectivity index (χ2n) is 9.33. The van der Waals surface area contributed by atoms with Crippen molar-refractivity contribution in [1.82, 2.24) is 4.90 Å². The molecule has 0 N–H and O–H groups in total. The zero-order valence-electron chi connectivity index (χ0n) is 19.3. The first kappa shape index (κ1) is 23.6. The van der Waals surface area contributed by atoms with Crippen molar-refractivity contribution >= 4 is 23.2 Å². The first-order chi connectivity index (χ1) is 14.5. The first-order valence-corrected chi connectivity index (χ1v) is 11.2. The van der Waals surface area contributed by atoms with Crippen LogP contribution in [0.15, 0.2) is 42.5 Å². The topological polar surface area (TPSA) is 42.0 Å². The lowest BCUT2D eigenvalue weighted by Crippen LogP contribution is -2.43. The summed E-state index contributed by atoms with van der Waals surface area (Å²) in [6.07, 6.45) is 0.0391. The second-order valence-corrected chi connectivity index (χ2v) is 9.74. The number of halogens is 1. The van der Waals surface area contributed by atoms with Gasteiger partial charge in [0.2, 0.25) is 0 Å². The van der Waals surface area contributed by atoms with E-state index in [9.17, 15) is 4.79 Å². The molecule has 5 nitrogen and oxygen atoms in total. The normalized spacial score (nSPS) is 17.4. The van der Waals surface area contributed by atoms with Gasteiger partial charge < -0.3 is 14.4 Å². The monoisotopic (exact) mass is 444 g/mol. The molecule has 1 amide bonds. The Balaban J connectivity index is 1.90. The smallest absolute Gasteiger partial charge is 0.259 e.